The van der Waals surface area contributed by atoms with Crippen LogP contribution in [0.4, 0.5) is 4.39 Å². The van der Waals surface area contributed by atoms with E-state index in [9.17, 15) is 4.39 Å². The Labute approximate surface area is 152 Å². The lowest BCUT2D eigenvalue weighted by molar-refractivity contribution is -0.0756. The van der Waals surface area contributed by atoms with Crippen LogP contribution in [0.5, 0.6) is 0 Å². The molecule has 0 amide bonds. The normalized spacial score (nSPS) is 20.0. The molecule has 0 bridgehead atoms. The van der Waals surface area contributed by atoms with E-state index in [1.807, 2.05) is 12.1 Å². The summed E-state index contributed by atoms with van der Waals surface area (Å²) in [6.45, 7) is 5.76. The molecule has 0 unspecified atom stereocenters. The van der Waals surface area contributed by atoms with Crippen molar-refractivity contribution < 1.29 is 18.4 Å². The van der Waals surface area contributed by atoms with E-state index in [1.165, 1.54) is 6.07 Å². The molecule has 140 valence electrons. The van der Waals surface area contributed by atoms with Gasteiger partial charge in [-0.15, -0.1) is 0 Å². The topological polar surface area (TPSA) is 59.8 Å². The highest BCUT2D eigenvalue weighted by atomic mass is 19.1. The molecule has 3 heterocycles. The van der Waals surface area contributed by atoms with Crippen molar-refractivity contribution >= 4 is 0 Å². The fraction of sp³-hybridized carbons (Fsp3) is 0.526. The zero-order valence-corrected chi connectivity index (χ0v) is 14.7. The maximum atomic E-state index is 13.8. The van der Waals surface area contributed by atoms with Crippen LogP contribution in [0.2, 0.25) is 0 Å². The number of benzene rings is 1. The van der Waals surface area contributed by atoms with Crippen molar-refractivity contribution in [3.05, 3.63) is 53.2 Å². The molecule has 0 atom stereocenters. The molecule has 1 aromatic heterocycles. The third kappa shape index (κ3) is 4.12. The lowest BCUT2D eigenvalue weighted by atomic mass is 9.90. The van der Waals surface area contributed by atoms with E-state index in [2.05, 4.69) is 15.4 Å². The Morgan fingerprint density at radius 3 is 2.69 bits per heavy atom. The first-order valence-electron chi connectivity index (χ1n) is 9.03. The summed E-state index contributed by atoms with van der Waals surface area (Å²) in [5.74, 6) is 0.677. The van der Waals surface area contributed by atoms with Gasteiger partial charge in [-0.25, -0.2) is 4.39 Å². The number of nitrogens with one attached hydrogen (secondary N) is 1. The van der Waals surface area contributed by atoms with Crippen molar-refractivity contribution in [3.63, 3.8) is 0 Å². The van der Waals surface area contributed by atoms with Crippen LogP contribution in [0.25, 0.3) is 0 Å². The van der Waals surface area contributed by atoms with Gasteiger partial charge in [0.1, 0.15) is 5.82 Å². The second-order valence-corrected chi connectivity index (χ2v) is 7.07. The van der Waals surface area contributed by atoms with Crippen LogP contribution in [-0.4, -0.2) is 55.1 Å². The Bertz CT molecular complexity index is 726. The fourth-order valence-electron chi connectivity index (χ4n) is 3.38. The molecule has 0 saturated carbocycles. The second-order valence-electron chi connectivity index (χ2n) is 7.07. The highest BCUT2D eigenvalue weighted by Crippen LogP contribution is 2.24. The monoisotopic (exact) mass is 361 g/mol. The molecule has 2 aliphatic heterocycles. The summed E-state index contributed by atoms with van der Waals surface area (Å²) in [5.41, 5.74) is 1.35. The Kier molecular flexibility index (Phi) is 5.31. The molecule has 2 saturated heterocycles. The zero-order valence-electron chi connectivity index (χ0n) is 14.7. The first kappa shape index (κ1) is 17.6. The maximum absolute atomic E-state index is 13.8. The molecule has 6 nitrogen and oxygen atoms in total. The number of nitrogens with zero attached hydrogens (tertiary/aromatic N) is 2. The van der Waals surface area contributed by atoms with Gasteiger partial charge in [0.05, 0.1) is 44.2 Å². The van der Waals surface area contributed by atoms with Crippen LogP contribution < -0.4 is 5.32 Å². The average molecular weight is 361 g/mol. The average Bonchev–Trinajstić information content (AvgIpc) is 3.06. The Morgan fingerprint density at radius 1 is 1.15 bits per heavy atom. The van der Waals surface area contributed by atoms with E-state index in [4.69, 9.17) is 14.0 Å². The third-order valence-electron chi connectivity index (χ3n) is 4.98. The summed E-state index contributed by atoms with van der Waals surface area (Å²) in [6, 6.07) is 8.84. The number of hydrogen-bond donors (Lipinski definition) is 1. The fourth-order valence-corrected chi connectivity index (χ4v) is 3.38. The molecule has 0 aliphatic carbocycles. The zero-order chi connectivity index (χ0) is 17.8. The minimum Gasteiger partial charge on any atom is -0.379 e. The number of halogens is 1. The Hall–Kier alpha value is -1.80. The first-order valence-corrected chi connectivity index (χ1v) is 9.03. The second kappa shape index (κ2) is 7.84. The molecular weight excluding hydrogens is 337 g/mol. The van der Waals surface area contributed by atoms with Gasteiger partial charge in [0.15, 0.2) is 5.76 Å². The van der Waals surface area contributed by atoms with Gasteiger partial charge in [-0.3, -0.25) is 4.90 Å². The van der Waals surface area contributed by atoms with E-state index in [-0.39, 0.29) is 11.4 Å². The number of aromatic nitrogens is 1. The molecule has 0 spiro atoms. The molecule has 7 heteroatoms. The van der Waals surface area contributed by atoms with Crippen molar-refractivity contribution in [3.8, 4) is 0 Å². The number of ether oxygens (including phenoxy) is 2. The predicted molar refractivity (Wildman–Crippen MR) is 93.1 cm³/mol. The van der Waals surface area contributed by atoms with Crippen LogP contribution in [0, 0.1) is 5.82 Å². The summed E-state index contributed by atoms with van der Waals surface area (Å²) in [4.78, 5) is 2.30. The van der Waals surface area contributed by atoms with E-state index in [0.717, 1.165) is 44.3 Å². The maximum Gasteiger partial charge on any atom is 0.150 e. The summed E-state index contributed by atoms with van der Waals surface area (Å²) in [7, 11) is 0. The third-order valence-corrected chi connectivity index (χ3v) is 4.98. The van der Waals surface area contributed by atoms with Crippen LogP contribution in [0.3, 0.4) is 0 Å². The van der Waals surface area contributed by atoms with Gasteiger partial charge in [0.2, 0.25) is 0 Å². The summed E-state index contributed by atoms with van der Waals surface area (Å²) in [6.07, 6.45) is 0.702. The highest BCUT2D eigenvalue weighted by molar-refractivity contribution is 5.18. The van der Waals surface area contributed by atoms with Crippen molar-refractivity contribution in [2.45, 2.75) is 25.0 Å². The largest absolute Gasteiger partial charge is 0.379 e. The molecule has 2 fully saturated rings. The van der Waals surface area contributed by atoms with Crippen molar-refractivity contribution in [2.24, 2.45) is 0 Å². The van der Waals surface area contributed by atoms with Gasteiger partial charge in [0.25, 0.3) is 0 Å². The van der Waals surface area contributed by atoms with E-state index in [1.54, 1.807) is 12.1 Å². The smallest absolute Gasteiger partial charge is 0.150 e. The standard InChI is InChI=1S/C19H24FN3O3/c20-18-4-2-1-3-15(18)11-21-19(13-25-14-19)10-16-9-17(26-22-16)12-23-5-7-24-8-6-23/h1-4,9,21H,5-8,10-14H2. The van der Waals surface area contributed by atoms with E-state index in [0.29, 0.717) is 31.7 Å². The Morgan fingerprint density at radius 2 is 1.96 bits per heavy atom. The minimum absolute atomic E-state index is 0.190. The quantitative estimate of drug-likeness (QED) is 0.811. The number of morpholine rings is 1. The van der Waals surface area contributed by atoms with E-state index < -0.39 is 0 Å². The van der Waals surface area contributed by atoms with Crippen molar-refractivity contribution in [2.75, 3.05) is 39.5 Å². The van der Waals surface area contributed by atoms with Gasteiger partial charge in [-0.05, 0) is 6.07 Å². The van der Waals surface area contributed by atoms with Gasteiger partial charge in [-0.2, -0.15) is 0 Å². The summed E-state index contributed by atoms with van der Waals surface area (Å²) in [5, 5.41) is 7.67. The SMILES string of the molecule is Fc1ccccc1CNC1(Cc2cc(CN3CCOCC3)on2)COC1. The van der Waals surface area contributed by atoms with Crippen molar-refractivity contribution in [1.29, 1.82) is 0 Å². The molecule has 4 rings (SSSR count). The highest BCUT2D eigenvalue weighted by Gasteiger charge is 2.39. The lowest BCUT2D eigenvalue weighted by Gasteiger charge is -2.42. The predicted octanol–water partition coefficient (Wildman–Crippen LogP) is 1.75. The van der Waals surface area contributed by atoms with Gasteiger partial charge >= 0.3 is 0 Å². The molecule has 1 aromatic carbocycles. The van der Waals surface area contributed by atoms with E-state index >= 15 is 0 Å². The Balaban J connectivity index is 1.35. The van der Waals surface area contributed by atoms with Gasteiger partial charge in [-0.1, -0.05) is 23.4 Å². The van der Waals surface area contributed by atoms with Gasteiger partial charge < -0.3 is 19.3 Å². The summed E-state index contributed by atoms with van der Waals surface area (Å²) < 4.78 is 30.1. The van der Waals surface area contributed by atoms with Crippen LogP contribution in [-0.2, 0) is 29.0 Å². The van der Waals surface area contributed by atoms with Gasteiger partial charge in [0, 0.05) is 37.7 Å². The van der Waals surface area contributed by atoms with Crippen LogP contribution in [0.15, 0.2) is 34.9 Å². The first-order chi connectivity index (χ1) is 12.7. The molecular formula is C19H24FN3O3. The molecule has 26 heavy (non-hydrogen) atoms. The number of rotatable bonds is 7. The van der Waals surface area contributed by atoms with Crippen LogP contribution >= 0.6 is 0 Å². The minimum atomic E-state index is -0.213. The molecule has 0 radical (unpaired) electrons. The molecule has 1 N–H and O–H groups in total. The van der Waals surface area contributed by atoms with Crippen LogP contribution in [0.1, 0.15) is 17.0 Å². The number of hydrogen-bond acceptors (Lipinski definition) is 6. The molecule has 2 aromatic rings. The van der Waals surface area contributed by atoms with Crippen molar-refractivity contribution in [1.82, 2.24) is 15.4 Å². The molecule has 2 aliphatic rings. The lowest BCUT2D eigenvalue weighted by Crippen LogP contribution is -2.61. The summed E-state index contributed by atoms with van der Waals surface area (Å²) >= 11 is 0.